The Morgan fingerprint density at radius 3 is 2.42 bits per heavy atom. The van der Waals surface area contributed by atoms with E-state index in [9.17, 15) is 4.79 Å². The lowest BCUT2D eigenvalue weighted by molar-refractivity contribution is 0.0724. The quantitative estimate of drug-likeness (QED) is 0.937. The Labute approximate surface area is 143 Å². The highest BCUT2D eigenvalue weighted by Gasteiger charge is 2.18. The molecule has 0 radical (unpaired) electrons. The molecule has 1 unspecified atom stereocenters. The van der Waals surface area contributed by atoms with E-state index in [0.717, 1.165) is 37.2 Å². The first-order valence-electron chi connectivity index (χ1n) is 8.75. The lowest BCUT2D eigenvalue weighted by Gasteiger charge is -2.26. The van der Waals surface area contributed by atoms with Crippen molar-refractivity contribution in [3.05, 3.63) is 53.7 Å². The van der Waals surface area contributed by atoms with Gasteiger partial charge in [0.05, 0.1) is 11.3 Å². The van der Waals surface area contributed by atoms with Gasteiger partial charge < -0.3 is 10.6 Å². The highest BCUT2D eigenvalue weighted by Crippen LogP contribution is 2.22. The van der Waals surface area contributed by atoms with Crippen molar-refractivity contribution in [3.8, 4) is 11.3 Å². The number of pyridine rings is 1. The van der Waals surface area contributed by atoms with Crippen molar-refractivity contribution < 1.29 is 4.79 Å². The number of carbonyl (C=O) groups is 1. The number of aromatic nitrogens is 1. The van der Waals surface area contributed by atoms with E-state index in [2.05, 4.69) is 36.2 Å². The fraction of sp³-hybridized carbons (Fsp3) is 0.400. The maximum atomic E-state index is 12.5. The second-order valence-corrected chi connectivity index (χ2v) is 6.54. The van der Waals surface area contributed by atoms with Crippen LogP contribution in [-0.2, 0) is 0 Å². The number of piperidine rings is 1. The molecule has 4 heteroatoms. The predicted molar refractivity (Wildman–Crippen MR) is 96.9 cm³/mol. The Kier molecular flexibility index (Phi) is 5.26. The summed E-state index contributed by atoms with van der Waals surface area (Å²) < 4.78 is 0. The summed E-state index contributed by atoms with van der Waals surface area (Å²) in [5.74, 6) is 0.456. The Morgan fingerprint density at radius 2 is 1.83 bits per heavy atom. The van der Waals surface area contributed by atoms with Crippen LogP contribution in [0.1, 0.15) is 48.0 Å². The summed E-state index contributed by atoms with van der Waals surface area (Å²) in [6.45, 7) is 4.49. The van der Waals surface area contributed by atoms with Gasteiger partial charge in [-0.2, -0.15) is 0 Å². The van der Waals surface area contributed by atoms with Gasteiger partial charge in [-0.1, -0.05) is 31.2 Å². The van der Waals surface area contributed by atoms with Gasteiger partial charge in [0.1, 0.15) is 0 Å². The average Bonchev–Trinajstić information content (AvgIpc) is 2.68. The summed E-state index contributed by atoms with van der Waals surface area (Å²) >= 11 is 0. The second kappa shape index (κ2) is 7.58. The fourth-order valence-corrected chi connectivity index (χ4v) is 3.09. The normalized spacial score (nSPS) is 16.0. The van der Waals surface area contributed by atoms with Gasteiger partial charge in [-0.25, -0.2) is 0 Å². The van der Waals surface area contributed by atoms with Crippen LogP contribution in [0.15, 0.2) is 42.6 Å². The zero-order valence-corrected chi connectivity index (χ0v) is 14.2. The molecule has 3 rings (SSSR count). The van der Waals surface area contributed by atoms with Crippen LogP contribution in [0.5, 0.6) is 0 Å². The van der Waals surface area contributed by atoms with Crippen molar-refractivity contribution in [2.75, 3.05) is 19.6 Å². The van der Waals surface area contributed by atoms with Gasteiger partial charge in [0.2, 0.25) is 0 Å². The topological polar surface area (TPSA) is 59.2 Å². The molecule has 1 saturated heterocycles. The molecule has 2 aromatic rings. The van der Waals surface area contributed by atoms with Gasteiger partial charge in [0.15, 0.2) is 0 Å². The van der Waals surface area contributed by atoms with Crippen LogP contribution in [0.4, 0.5) is 0 Å². The third kappa shape index (κ3) is 3.65. The molecule has 1 atom stereocenters. The summed E-state index contributed by atoms with van der Waals surface area (Å²) in [5, 5.41) is 0. The molecule has 2 heterocycles. The van der Waals surface area contributed by atoms with Crippen LogP contribution in [0.2, 0.25) is 0 Å². The molecule has 24 heavy (non-hydrogen) atoms. The van der Waals surface area contributed by atoms with Crippen LogP contribution in [0.3, 0.4) is 0 Å². The minimum atomic E-state index is 0.0980. The van der Waals surface area contributed by atoms with Crippen molar-refractivity contribution in [3.63, 3.8) is 0 Å². The van der Waals surface area contributed by atoms with E-state index in [1.54, 1.807) is 6.20 Å². The Balaban J connectivity index is 1.73. The lowest BCUT2D eigenvalue weighted by Crippen LogP contribution is -2.35. The van der Waals surface area contributed by atoms with Crippen molar-refractivity contribution in [1.82, 2.24) is 9.88 Å². The van der Waals surface area contributed by atoms with Crippen LogP contribution in [-0.4, -0.2) is 35.4 Å². The van der Waals surface area contributed by atoms with Gasteiger partial charge in [-0.15, -0.1) is 0 Å². The first-order chi connectivity index (χ1) is 11.7. The maximum absolute atomic E-state index is 12.5. The number of nitrogens with two attached hydrogens (primary N) is 1. The summed E-state index contributed by atoms with van der Waals surface area (Å²) in [6, 6.07) is 12.1. The first-order valence-corrected chi connectivity index (χ1v) is 8.75. The summed E-state index contributed by atoms with van der Waals surface area (Å²) in [5.41, 5.74) is 9.56. The number of carbonyl (C=O) groups excluding carboxylic acids is 1. The molecule has 126 valence electrons. The summed E-state index contributed by atoms with van der Waals surface area (Å²) in [4.78, 5) is 18.9. The van der Waals surface area contributed by atoms with Gasteiger partial charge in [-0.3, -0.25) is 9.78 Å². The maximum Gasteiger partial charge on any atom is 0.255 e. The zero-order valence-electron chi connectivity index (χ0n) is 14.2. The molecule has 1 aromatic heterocycles. The first kappa shape index (κ1) is 16.7. The van der Waals surface area contributed by atoms with E-state index in [0.29, 0.717) is 18.0 Å². The van der Waals surface area contributed by atoms with E-state index in [1.807, 2.05) is 17.0 Å². The highest BCUT2D eigenvalue weighted by atomic mass is 16.2. The van der Waals surface area contributed by atoms with E-state index < -0.39 is 0 Å². The molecule has 4 nitrogen and oxygen atoms in total. The molecule has 0 spiro atoms. The molecule has 0 bridgehead atoms. The molecule has 0 aliphatic carbocycles. The van der Waals surface area contributed by atoms with Crippen LogP contribution < -0.4 is 5.73 Å². The lowest BCUT2D eigenvalue weighted by atomic mass is 9.99. The number of benzene rings is 1. The van der Waals surface area contributed by atoms with Crippen LogP contribution in [0, 0.1) is 0 Å². The molecular formula is C20H25N3O. The van der Waals surface area contributed by atoms with E-state index >= 15 is 0 Å². The molecule has 2 N–H and O–H groups in total. The van der Waals surface area contributed by atoms with E-state index in [4.69, 9.17) is 5.73 Å². The van der Waals surface area contributed by atoms with Gasteiger partial charge in [-0.05, 0) is 49.4 Å². The third-order valence-corrected chi connectivity index (χ3v) is 4.78. The molecule has 1 aliphatic heterocycles. The SMILES string of the molecule is CC(CN)c1ccc(-c2ccc(C(=O)N3CCCCC3)cn2)cc1. The van der Waals surface area contributed by atoms with Crippen molar-refractivity contribution in [2.24, 2.45) is 5.73 Å². The number of rotatable bonds is 4. The highest BCUT2D eigenvalue weighted by molar-refractivity contribution is 5.94. The number of nitrogens with zero attached hydrogens (tertiary/aromatic N) is 2. The van der Waals surface area contributed by atoms with Crippen molar-refractivity contribution >= 4 is 5.91 Å². The summed E-state index contributed by atoms with van der Waals surface area (Å²) in [7, 11) is 0. The molecule has 1 aliphatic rings. The zero-order chi connectivity index (χ0) is 16.9. The summed E-state index contributed by atoms with van der Waals surface area (Å²) in [6.07, 6.45) is 5.12. The van der Waals surface area contributed by atoms with Crippen molar-refractivity contribution in [1.29, 1.82) is 0 Å². The molecule has 1 fully saturated rings. The van der Waals surface area contributed by atoms with Gasteiger partial charge in [0.25, 0.3) is 5.91 Å². The predicted octanol–water partition coefficient (Wildman–Crippen LogP) is 3.44. The second-order valence-electron chi connectivity index (χ2n) is 6.54. The molecule has 1 amide bonds. The Morgan fingerprint density at radius 1 is 1.12 bits per heavy atom. The largest absolute Gasteiger partial charge is 0.339 e. The van der Waals surface area contributed by atoms with Crippen molar-refractivity contribution in [2.45, 2.75) is 32.1 Å². The molecule has 1 aromatic carbocycles. The monoisotopic (exact) mass is 323 g/mol. The number of amides is 1. The van der Waals surface area contributed by atoms with Gasteiger partial charge in [0, 0.05) is 24.8 Å². The van der Waals surface area contributed by atoms with E-state index in [1.165, 1.54) is 12.0 Å². The minimum Gasteiger partial charge on any atom is -0.339 e. The molecule has 0 saturated carbocycles. The number of hydrogen-bond acceptors (Lipinski definition) is 3. The standard InChI is InChI=1S/C20H25N3O/c1-15(13-21)16-5-7-17(8-6-16)19-10-9-18(14-22-19)20(24)23-11-3-2-4-12-23/h5-10,14-15H,2-4,11-13,21H2,1H3. The third-order valence-electron chi connectivity index (χ3n) is 4.78. The minimum absolute atomic E-state index is 0.0980. The Hall–Kier alpha value is -2.20. The Bertz CT molecular complexity index is 673. The average molecular weight is 323 g/mol. The number of likely N-dealkylation sites (tertiary alicyclic amines) is 1. The van der Waals surface area contributed by atoms with Gasteiger partial charge >= 0.3 is 0 Å². The van der Waals surface area contributed by atoms with Crippen LogP contribution >= 0.6 is 0 Å². The van der Waals surface area contributed by atoms with Crippen LogP contribution in [0.25, 0.3) is 11.3 Å². The fourth-order valence-electron chi connectivity index (χ4n) is 3.09. The molecular weight excluding hydrogens is 298 g/mol. The van der Waals surface area contributed by atoms with E-state index in [-0.39, 0.29) is 5.91 Å². The smallest absolute Gasteiger partial charge is 0.255 e. The number of hydrogen-bond donors (Lipinski definition) is 1.